The molecule has 0 atom stereocenters. The highest BCUT2D eigenvalue weighted by molar-refractivity contribution is 6.04. The molecule has 0 aliphatic carbocycles. The molecular weight excluding hydrogens is 376 g/mol. The Labute approximate surface area is 176 Å². The number of rotatable bonds is 2. The first-order valence-corrected chi connectivity index (χ1v) is 9.77. The fraction of sp³-hybridized carbons (Fsp3) is 0.240. The van der Waals surface area contributed by atoms with E-state index in [0.29, 0.717) is 5.56 Å². The van der Waals surface area contributed by atoms with Crippen LogP contribution in [0, 0.1) is 27.7 Å². The molecule has 0 bridgehead atoms. The molecule has 0 aliphatic rings. The van der Waals surface area contributed by atoms with Crippen molar-refractivity contribution in [2.75, 3.05) is 7.11 Å². The van der Waals surface area contributed by atoms with E-state index >= 15 is 0 Å². The molecule has 1 N–H and O–H groups in total. The van der Waals surface area contributed by atoms with Gasteiger partial charge in [0.2, 0.25) is 0 Å². The Bertz CT molecular complexity index is 1230. The molecule has 0 amide bonds. The van der Waals surface area contributed by atoms with Gasteiger partial charge in [-0.05, 0) is 56.5 Å². The molecule has 2 aromatic carbocycles. The zero-order chi connectivity index (χ0) is 21.8. The molecule has 0 aliphatic heterocycles. The Morgan fingerprint density at radius 3 is 1.97 bits per heavy atom. The lowest BCUT2D eigenvalue weighted by Crippen LogP contribution is -2.04. The SMILES string of the molecule is COC(=O)c1cc(C)nc2c(C)cccc12.Cc1cc(CO)c2cccc(C)c2n1. The van der Waals surface area contributed by atoms with Crippen LogP contribution in [-0.4, -0.2) is 28.2 Å². The molecule has 0 fully saturated rings. The predicted molar refractivity (Wildman–Crippen MR) is 120 cm³/mol. The average molecular weight is 402 g/mol. The van der Waals surface area contributed by atoms with Crippen molar-refractivity contribution in [3.63, 3.8) is 0 Å². The smallest absolute Gasteiger partial charge is 0.338 e. The molecule has 154 valence electrons. The van der Waals surface area contributed by atoms with Gasteiger partial charge in [0.25, 0.3) is 0 Å². The zero-order valence-corrected chi connectivity index (χ0v) is 18.0. The molecule has 0 saturated heterocycles. The van der Waals surface area contributed by atoms with Gasteiger partial charge < -0.3 is 9.84 Å². The standard InChI is InChI=1S/C13H13NO2.C12H13NO/c1-8-5-4-6-10-11(13(15)16-3)7-9(2)14-12(8)10;1-8-4-3-5-11-10(7-14)6-9(2)13-12(8)11/h4-7H,1-3H3;3-6,14H,7H2,1-2H3. The quantitative estimate of drug-likeness (QED) is 0.479. The molecule has 0 saturated carbocycles. The molecule has 5 nitrogen and oxygen atoms in total. The minimum atomic E-state index is -0.318. The maximum absolute atomic E-state index is 11.6. The summed E-state index contributed by atoms with van der Waals surface area (Å²) >= 11 is 0. The van der Waals surface area contributed by atoms with Crippen LogP contribution in [0.1, 0.15) is 38.4 Å². The summed E-state index contributed by atoms with van der Waals surface area (Å²) in [6.45, 7) is 7.92. The van der Waals surface area contributed by atoms with E-state index in [2.05, 4.69) is 9.97 Å². The van der Waals surface area contributed by atoms with E-state index in [-0.39, 0.29) is 12.6 Å². The molecule has 5 heteroatoms. The van der Waals surface area contributed by atoms with Gasteiger partial charge >= 0.3 is 5.97 Å². The van der Waals surface area contributed by atoms with Gasteiger partial charge in [-0.1, -0.05) is 36.4 Å². The van der Waals surface area contributed by atoms with Gasteiger partial charge in [0.05, 0.1) is 30.3 Å². The largest absolute Gasteiger partial charge is 0.465 e. The fourth-order valence-corrected chi connectivity index (χ4v) is 3.53. The number of benzene rings is 2. The lowest BCUT2D eigenvalue weighted by atomic mass is 10.0. The molecule has 0 radical (unpaired) electrons. The Hall–Kier alpha value is -3.31. The highest BCUT2D eigenvalue weighted by Gasteiger charge is 2.12. The molecule has 4 aromatic rings. The Balaban J connectivity index is 0.000000172. The number of carbonyl (C=O) groups excluding carboxylic acids is 1. The van der Waals surface area contributed by atoms with Crippen LogP contribution >= 0.6 is 0 Å². The summed E-state index contributed by atoms with van der Waals surface area (Å²) in [6, 6.07) is 15.5. The molecule has 2 aromatic heterocycles. The van der Waals surface area contributed by atoms with E-state index in [1.54, 1.807) is 6.07 Å². The number of pyridine rings is 2. The van der Waals surface area contributed by atoms with Crippen molar-refractivity contribution >= 4 is 27.8 Å². The molecule has 30 heavy (non-hydrogen) atoms. The van der Waals surface area contributed by atoms with Crippen molar-refractivity contribution < 1.29 is 14.6 Å². The first-order valence-electron chi connectivity index (χ1n) is 9.77. The summed E-state index contributed by atoms with van der Waals surface area (Å²) in [4.78, 5) is 20.6. The number of esters is 1. The van der Waals surface area contributed by atoms with Crippen LogP contribution in [0.15, 0.2) is 48.5 Å². The molecule has 0 unspecified atom stereocenters. The topological polar surface area (TPSA) is 72.3 Å². The van der Waals surface area contributed by atoms with Gasteiger partial charge in [-0.3, -0.25) is 9.97 Å². The number of hydrogen-bond donors (Lipinski definition) is 1. The monoisotopic (exact) mass is 402 g/mol. The number of aryl methyl sites for hydroxylation is 4. The minimum Gasteiger partial charge on any atom is -0.465 e. The van der Waals surface area contributed by atoms with Crippen LogP contribution in [0.4, 0.5) is 0 Å². The third kappa shape index (κ3) is 4.31. The summed E-state index contributed by atoms with van der Waals surface area (Å²) in [6.07, 6.45) is 0. The van der Waals surface area contributed by atoms with Crippen molar-refractivity contribution in [2.24, 2.45) is 0 Å². The predicted octanol–water partition coefficient (Wildman–Crippen LogP) is 4.98. The normalized spacial score (nSPS) is 10.6. The number of fused-ring (bicyclic) bond motifs is 2. The number of aliphatic hydroxyl groups excluding tert-OH is 1. The highest BCUT2D eigenvalue weighted by atomic mass is 16.5. The Morgan fingerprint density at radius 2 is 1.40 bits per heavy atom. The van der Waals surface area contributed by atoms with E-state index in [1.807, 2.05) is 70.2 Å². The Kier molecular flexibility index (Phi) is 6.43. The number of para-hydroxylation sites is 2. The van der Waals surface area contributed by atoms with Crippen molar-refractivity contribution in [3.8, 4) is 0 Å². The molecule has 0 spiro atoms. The maximum Gasteiger partial charge on any atom is 0.338 e. The summed E-state index contributed by atoms with van der Waals surface area (Å²) in [7, 11) is 1.39. The van der Waals surface area contributed by atoms with Crippen LogP contribution in [0.5, 0.6) is 0 Å². The van der Waals surface area contributed by atoms with Crippen LogP contribution in [0.2, 0.25) is 0 Å². The zero-order valence-electron chi connectivity index (χ0n) is 18.0. The lowest BCUT2D eigenvalue weighted by Gasteiger charge is -2.07. The van der Waals surface area contributed by atoms with Crippen molar-refractivity contribution in [1.82, 2.24) is 9.97 Å². The summed E-state index contributed by atoms with van der Waals surface area (Å²) in [5.74, 6) is -0.318. The third-order valence-electron chi connectivity index (χ3n) is 5.00. The van der Waals surface area contributed by atoms with Gasteiger partial charge in [0, 0.05) is 22.2 Å². The van der Waals surface area contributed by atoms with E-state index in [9.17, 15) is 9.90 Å². The van der Waals surface area contributed by atoms with E-state index in [4.69, 9.17) is 4.74 Å². The number of hydrogen-bond acceptors (Lipinski definition) is 5. The second kappa shape index (κ2) is 9.01. The van der Waals surface area contributed by atoms with Crippen LogP contribution in [0.3, 0.4) is 0 Å². The van der Waals surface area contributed by atoms with E-state index in [0.717, 1.165) is 49.9 Å². The third-order valence-corrected chi connectivity index (χ3v) is 5.00. The Morgan fingerprint density at radius 1 is 0.867 bits per heavy atom. The molecule has 4 rings (SSSR count). The lowest BCUT2D eigenvalue weighted by molar-refractivity contribution is 0.0603. The van der Waals surface area contributed by atoms with Crippen LogP contribution < -0.4 is 0 Å². The summed E-state index contributed by atoms with van der Waals surface area (Å²) in [5.41, 5.74) is 7.38. The molecular formula is C25H26N2O3. The summed E-state index contributed by atoms with van der Waals surface area (Å²) < 4.78 is 4.77. The van der Waals surface area contributed by atoms with Gasteiger partial charge in [0.1, 0.15) is 0 Å². The van der Waals surface area contributed by atoms with Crippen molar-refractivity contribution in [2.45, 2.75) is 34.3 Å². The number of carbonyl (C=O) groups is 1. The maximum atomic E-state index is 11.6. The number of aromatic nitrogens is 2. The minimum absolute atomic E-state index is 0.0727. The summed E-state index contributed by atoms with van der Waals surface area (Å²) in [5, 5.41) is 11.1. The van der Waals surface area contributed by atoms with E-state index in [1.165, 1.54) is 7.11 Å². The van der Waals surface area contributed by atoms with Gasteiger partial charge in [-0.2, -0.15) is 0 Å². The number of nitrogens with zero attached hydrogens (tertiary/aromatic N) is 2. The van der Waals surface area contributed by atoms with Crippen LogP contribution in [0.25, 0.3) is 21.8 Å². The molecule has 2 heterocycles. The second-order valence-electron chi connectivity index (χ2n) is 7.33. The van der Waals surface area contributed by atoms with Gasteiger partial charge in [-0.25, -0.2) is 4.79 Å². The van der Waals surface area contributed by atoms with Gasteiger partial charge in [-0.15, -0.1) is 0 Å². The van der Waals surface area contributed by atoms with E-state index < -0.39 is 0 Å². The first-order chi connectivity index (χ1) is 14.3. The number of methoxy groups -OCH3 is 1. The second-order valence-corrected chi connectivity index (χ2v) is 7.33. The number of aliphatic hydroxyl groups is 1. The van der Waals surface area contributed by atoms with Gasteiger partial charge in [0.15, 0.2) is 0 Å². The van der Waals surface area contributed by atoms with Crippen LogP contribution in [-0.2, 0) is 11.3 Å². The first kappa shape index (κ1) is 21.4. The van der Waals surface area contributed by atoms with Crippen molar-refractivity contribution in [1.29, 1.82) is 0 Å². The fourth-order valence-electron chi connectivity index (χ4n) is 3.53. The van der Waals surface area contributed by atoms with Crippen molar-refractivity contribution in [3.05, 3.63) is 82.2 Å². The average Bonchev–Trinajstić information content (AvgIpc) is 2.74. The highest BCUT2D eigenvalue weighted by Crippen LogP contribution is 2.22. The number of ether oxygens (including phenoxy) is 1.